The molecule has 6 nitrogen and oxygen atoms in total. The number of rotatable bonds is 10. The van der Waals surface area contributed by atoms with E-state index in [0.29, 0.717) is 18.6 Å². The van der Waals surface area contributed by atoms with Crippen molar-refractivity contribution in [2.45, 2.75) is 94.2 Å². The molecular weight excluding hydrogens is 542 g/mol. The number of alkyl halides is 2. The molecule has 3 aromatic carbocycles. The zero-order chi connectivity index (χ0) is 29.0. The topological polar surface area (TPSA) is 55.4 Å². The van der Waals surface area contributed by atoms with Gasteiger partial charge in [-0.2, -0.15) is 0 Å². The lowest BCUT2D eigenvalue weighted by Crippen LogP contribution is -2.68. The number of hydrogen-bond acceptors (Lipinski definition) is 6. The summed E-state index contributed by atoms with van der Waals surface area (Å²) in [6.45, 7) is 0.120. The summed E-state index contributed by atoms with van der Waals surface area (Å²) in [6.07, 6.45) is -1.90. The summed E-state index contributed by atoms with van der Waals surface area (Å²) < 4.78 is 70.3. The molecule has 0 amide bonds. The van der Waals surface area contributed by atoms with Gasteiger partial charge in [0.2, 0.25) is 0 Å². The van der Waals surface area contributed by atoms with Crippen molar-refractivity contribution in [3.8, 4) is 5.75 Å². The molecule has 3 aliphatic rings. The predicted octanol–water partition coefficient (Wildman–Crippen LogP) is 6.84. The number of fused-ring (bicyclic) bond motifs is 1. The van der Waals surface area contributed by atoms with Crippen molar-refractivity contribution >= 4 is 0 Å². The highest BCUT2D eigenvalue weighted by Gasteiger charge is 2.69. The maximum absolute atomic E-state index is 16.7. The highest BCUT2D eigenvalue weighted by Crippen LogP contribution is 2.51. The number of halogens is 2. The van der Waals surface area contributed by atoms with Crippen LogP contribution in [0.4, 0.5) is 8.78 Å². The SMILES string of the molecule is COc1ccc(CO[C@H]2[C@@H]3OC4(CCCCC4)O[C@@H]3[C@H](OCc3ccccc3)[C@@H](OCc3ccccc3)C2(F)F)cc1. The van der Waals surface area contributed by atoms with Gasteiger partial charge in [-0.1, -0.05) is 79.2 Å². The van der Waals surface area contributed by atoms with Crippen molar-refractivity contribution in [2.75, 3.05) is 7.11 Å². The minimum absolute atomic E-state index is 0.000873. The van der Waals surface area contributed by atoms with E-state index in [0.717, 1.165) is 36.0 Å². The molecule has 3 aromatic rings. The standard InChI is InChI=1S/C34H38F2O6/c1-37-27-17-15-26(16-18-27)23-40-32-30-28(41-33(42-30)19-9-4-10-20-33)29(38-21-24-11-5-2-6-12-24)31(34(32,35)36)39-22-25-13-7-3-8-14-25/h2-3,5-8,11-18,28-32H,4,9-10,19-23H2,1H3/t28-,29+,30-,31-,32+/m1/s1. The molecule has 2 saturated carbocycles. The van der Waals surface area contributed by atoms with E-state index in [1.54, 1.807) is 31.4 Å². The minimum atomic E-state index is -3.44. The molecule has 2 aliphatic carbocycles. The van der Waals surface area contributed by atoms with Crippen molar-refractivity contribution in [3.63, 3.8) is 0 Å². The van der Waals surface area contributed by atoms with E-state index >= 15 is 8.78 Å². The van der Waals surface area contributed by atoms with Crippen LogP contribution in [0.15, 0.2) is 84.9 Å². The number of methoxy groups -OCH3 is 1. The third-order valence-electron chi connectivity index (χ3n) is 8.47. The van der Waals surface area contributed by atoms with Crippen LogP contribution in [0.5, 0.6) is 5.75 Å². The van der Waals surface area contributed by atoms with Gasteiger partial charge in [-0.05, 0) is 41.7 Å². The molecule has 6 rings (SSSR count). The normalized spacial score (nSPS) is 27.9. The van der Waals surface area contributed by atoms with Crippen molar-refractivity contribution in [1.29, 1.82) is 0 Å². The smallest absolute Gasteiger partial charge is 0.304 e. The van der Waals surface area contributed by atoms with Gasteiger partial charge in [0.1, 0.15) is 24.1 Å². The van der Waals surface area contributed by atoms with Crippen LogP contribution in [0.1, 0.15) is 48.8 Å². The van der Waals surface area contributed by atoms with Gasteiger partial charge in [-0.25, -0.2) is 8.78 Å². The van der Waals surface area contributed by atoms with Crippen LogP contribution >= 0.6 is 0 Å². The van der Waals surface area contributed by atoms with Gasteiger partial charge in [0.25, 0.3) is 0 Å². The predicted molar refractivity (Wildman–Crippen MR) is 152 cm³/mol. The lowest BCUT2D eigenvalue weighted by molar-refractivity contribution is -0.300. The maximum Gasteiger partial charge on any atom is 0.304 e. The summed E-state index contributed by atoms with van der Waals surface area (Å²) in [7, 11) is 1.58. The summed E-state index contributed by atoms with van der Waals surface area (Å²) >= 11 is 0. The second kappa shape index (κ2) is 12.8. The number of benzene rings is 3. The Morgan fingerprint density at radius 1 is 0.643 bits per heavy atom. The fraction of sp³-hybridized carbons (Fsp3) is 0.471. The second-order valence-electron chi connectivity index (χ2n) is 11.4. The van der Waals surface area contributed by atoms with Crippen molar-refractivity contribution in [3.05, 3.63) is 102 Å². The Kier molecular flexibility index (Phi) is 8.88. The van der Waals surface area contributed by atoms with Crippen LogP contribution < -0.4 is 4.74 Å². The van der Waals surface area contributed by atoms with Crippen LogP contribution in [-0.2, 0) is 43.5 Å². The van der Waals surface area contributed by atoms with E-state index in [4.69, 9.17) is 28.4 Å². The first-order valence-electron chi connectivity index (χ1n) is 14.8. The Labute approximate surface area is 245 Å². The monoisotopic (exact) mass is 580 g/mol. The molecular formula is C34H38F2O6. The van der Waals surface area contributed by atoms with Gasteiger partial charge < -0.3 is 28.4 Å². The van der Waals surface area contributed by atoms with Gasteiger partial charge in [-0.15, -0.1) is 0 Å². The van der Waals surface area contributed by atoms with E-state index in [1.165, 1.54) is 0 Å². The first-order valence-corrected chi connectivity index (χ1v) is 14.8. The van der Waals surface area contributed by atoms with Crippen LogP contribution in [-0.4, -0.2) is 49.3 Å². The van der Waals surface area contributed by atoms with E-state index in [1.807, 2.05) is 60.7 Å². The first-order chi connectivity index (χ1) is 20.5. The van der Waals surface area contributed by atoms with Crippen molar-refractivity contribution in [1.82, 2.24) is 0 Å². The average molecular weight is 581 g/mol. The molecule has 224 valence electrons. The average Bonchev–Trinajstić information content (AvgIpc) is 3.37. The molecule has 1 spiro atoms. The maximum atomic E-state index is 16.7. The number of hydrogen-bond donors (Lipinski definition) is 0. The van der Waals surface area contributed by atoms with Gasteiger partial charge in [0, 0.05) is 12.8 Å². The van der Waals surface area contributed by atoms with Crippen LogP contribution in [0.2, 0.25) is 0 Å². The lowest BCUT2D eigenvalue weighted by atomic mass is 9.83. The highest BCUT2D eigenvalue weighted by atomic mass is 19.3. The molecule has 0 bridgehead atoms. The first kappa shape index (κ1) is 29.2. The Balaban J connectivity index is 1.31. The van der Waals surface area contributed by atoms with Gasteiger partial charge in [0.05, 0.1) is 26.9 Å². The van der Waals surface area contributed by atoms with Gasteiger partial charge in [0.15, 0.2) is 18.0 Å². The van der Waals surface area contributed by atoms with Crippen LogP contribution in [0.3, 0.4) is 0 Å². The molecule has 0 radical (unpaired) electrons. The lowest BCUT2D eigenvalue weighted by Gasteiger charge is -2.46. The third kappa shape index (κ3) is 6.24. The molecule has 3 fully saturated rings. The minimum Gasteiger partial charge on any atom is -0.497 e. The fourth-order valence-electron chi connectivity index (χ4n) is 6.27. The molecule has 1 saturated heterocycles. The fourth-order valence-corrected chi connectivity index (χ4v) is 6.27. The molecule has 0 N–H and O–H groups in total. The number of ether oxygens (including phenoxy) is 6. The zero-order valence-corrected chi connectivity index (χ0v) is 23.8. The molecule has 8 heteroatoms. The summed E-state index contributed by atoms with van der Waals surface area (Å²) in [6, 6.07) is 26.0. The summed E-state index contributed by atoms with van der Waals surface area (Å²) in [5.74, 6) is -3.68. The second-order valence-corrected chi connectivity index (χ2v) is 11.4. The molecule has 0 unspecified atom stereocenters. The van der Waals surface area contributed by atoms with Crippen LogP contribution in [0.25, 0.3) is 0 Å². The van der Waals surface area contributed by atoms with Gasteiger partial charge in [-0.3, -0.25) is 0 Å². The highest BCUT2D eigenvalue weighted by molar-refractivity contribution is 5.27. The molecule has 42 heavy (non-hydrogen) atoms. The summed E-state index contributed by atoms with van der Waals surface area (Å²) in [5.41, 5.74) is 2.42. The van der Waals surface area contributed by atoms with Gasteiger partial charge >= 0.3 is 5.92 Å². The zero-order valence-electron chi connectivity index (χ0n) is 23.8. The summed E-state index contributed by atoms with van der Waals surface area (Å²) in [5, 5.41) is 0. The van der Waals surface area contributed by atoms with E-state index in [9.17, 15) is 0 Å². The Bertz CT molecular complexity index is 1270. The molecule has 5 atom stereocenters. The van der Waals surface area contributed by atoms with Crippen molar-refractivity contribution in [2.24, 2.45) is 0 Å². The van der Waals surface area contributed by atoms with Crippen molar-refractivity contribution < 1.29 is 37.2 Å². The Hall–Kier alpha value is -2.88. The Morgan fingerprint density at radius 2 is 1.17 bits per heavy atom. The quantitative estimate of drug-likeness (QED) is 0.262. The van der Waals surface area contributed by atoms with E-state index < -0.39 is 42.2 Å². The molecule has 0 aromatic heterocycles. The summed E-state index contributed by atoms with van der Waals surface area (Å²) in [4.78, 5) is 0. The largest absolute Gasteiger partial charge is 0.497 e. The Morgan fingerprint density at radius 3 is 1.76 bits per heavy atom. The van der Waals surface area contributed by atoms with E-state index in [2.05, 4.69) is 0 Å². The van der Waals surface area contributed by atoms with Crippen LogP contribution in [0, 0.1) is 0 Å². The third-order valence-corrected chi connectivity index (χ3v) is 8.47. The molecule has 1 aliphatic heterocycles. The van der Waals surface area contributed by atoms with E-state index in [-0.39, 0.29) is 19.8 Å². The molecule has 1 heterocycles.